The highest BCUT2D eigenvalue weighted by molar-refractivity contribution is 7.60. The molecule has 4 aliphatic rings. The lowest BCUT2D eigenvalue weighted by Gasteiger charge is -2.34. The Morgan fingerprint density at radius 2 is 1.98 bits per heavy atom. The van der Waals surface area contributed by atoms with E-state index in [0.717, 1.165) is 0 Å². The maximum absolute atomic E-state index is 12.6. The van der Waals surface area contributed by atoms with Gasteiger partial charge in [0.15, 0.2) is 11.7 Å². The van der Waals surface area contributed by atoms with Gasteiger partial charge >= 0.3 is 7.82 Å². The van der Waals surface area contributed by atoms with Gasteiger partial charge in [0.2, 0.25) is 12.0 Å². The zero-order valence-electron chi connectivity index (χ0n) is 20.4. The van der Waals surface area contributed by atoms with E-state index < -0.39 is 77.1 Å². The molecule has 22 heteroatoms. The van der Waals surface area contributed by atoms with Gasteiger partial charge in [0, 0.05) is 5.41 Å². The van der Waals surface area contributed by atoms with Crippen LogP contribution in [0.25, 0.3) is 16.7 Å². The normalized spacial score (nSPS) is 42.2. The molecule has 5 heterocycles. The van der Waals surface area contributed by atoms with Gasteiger partial charge in [0.05, 0.1) is 19.3 Å². The number of hydrogen-bond donors (Lipinski definition) is 6. The number of aromatic nitrogens is 4. The molecule has 10 atom stereocenters. The van der Waals surface area contributed by atoms with Crippen LogP contribution in [0.3, 0.4) is 0 Å². The third-order valence-electron chi connectivity index (χ3n) is 7.41. The number of ether oxygens (including phenoxy) is 1. The van der Waals surface area contributed by atoms with Crippen LogP contribution in [0.1, 0.15) is 25.1 Å². The number of fused-ring (bicyclic) bond motifs is 7. The van der Waals surface area contributed by atoms with Crippen LogP contribution in [0.4, 0.5) is 5.82 Å². The molecule has 8 bridgehead atoms. The first-order chi connectivity index (χ1) is 18.8. The Hall–Kier alpha value is -2.19. The van der Waals surface area contributed by atoms with Gasteiger partial charge < -0.3 is 56.2 Å². The van der Waals surface area contributed by atoms with Crippen LogP contribution in [0.2, 0.25) is 0 Å². The van der Waals surface area contributed by atoms with E-state index in [1.54, 1.807) is 0 Å². The number of anilines is 1. The van der Waals surface area contributed by atoms with Crippen LogP contribution in [-0.2, 0) is 27.2 Å². The van der Waals surface area contributed by atoms with Gasteiger partial charge in [-0.15, -0.1) is 0 Å². The fourth-order valence-electron chi connectivity index (χ4n) is 5.34. The van der Waals surface area contributed by atoms with Crippen LogP contribution in [0.5, 0.6) is 0 Å². The molecule has 0 amide bonds. The van der Waals surface area contributed by atoms with Gasteiger partial charge in [0.25, 0.3) is 13.6 Å². The van der Waals surface area contributed by atoms with Gasteiger partial charge in [-0.25, -0.2) is 18.4 Å². The van der Waals surface area contributed by atoms with Gasteiger partial charge in [-0.1, -0.05) is 4.98 Å². The van der Waals surface area contributed by atoms with Crippen LogP contribution < -0.4 is 20.6 Å². The Morgan fingerprint density at radius 1 is 1.23 bits per heavy atom. The molecule has 3 aliphatic heterocycles. The van der Waals surface area contributed by atoms with Crippen LogP contribution >= 0.6 is 15.6 Å². The van der Waals surface area contributed by atoms with Gasteiger partial charge in [-0.05, 0) is 19.4 Å². The number of phosphoric ester groups is 2. The predicted octanol–water partition coefficient (Wildman–Crippen LogP) is -2.86. The monoisotopic (exact) mass is 608 g/mol. The number of nitrogen functional groups attached to an aromatic ring is 1. The minimum Gasteiger partial charge on any atom is -0.756 e. The number of aliphatic hydroxyl groups excluding tert-OH is 4. The topological polar surface area (TPSA) is 305 Å². The molecule has 20 nitrogen and oxygen atoms in total. The predicted molar refractivity (Wildman–Crippen MR) is 124 cm³/mol. The Balaban J connectivity index is 1.60. The fourth-order valence-corrected chi connectivity index (χ4v) is 7.48. The average molecular weight is 608 g/mol. The van der Waals surface area contributed by atoms with Gasteiger partial charge in [-0.2, -0.15) is 0 Å². The van der Waals surface area contributed by atoms with E-state index in [1.807, 2.05) is 0 Å². The number of nitrogens with two attached hydrogens (primary N) is 1. The lowest BCUT2D eigenvalue weighted by molar-refractivity contribution is -0.717. The zero-order chi connectivity index (χ0) is 29.0. The second-order valence-corrected chi connectivity index (χ2v) is 12.7. The highest BCUT2D eigenvalue weighted by atomic mass is 31.3. The van der Waals surface area contributed by atoms with Crippen molar-refractivity contribution in [2.75, 3.05) is 25.5 Å². The zero-order valence-corrected chi connectivity index (χ0v) is 22.2. The molecule has 1 aliphatic carbocycles. The minimum absolute atomic E-state index is 0.00995. The summed E-state index contributed by atoms with van der Waals surface area (Å²) in [6.07, 6.45) is -7.05. The van der Waals surface area contributed by atoms with Crippen LogP contribution in [0, 0.1) is 5.41 Å². The number of rotatable bonds is 4. The first-order valence-electron chi connectivity index (χ1n) is 11.8. The summed E-state index contributed by atoms with van der Waals surface area (Å²) < 4.78 is 46.8. The molecular weight excluding hydrogens is 582 g/mol. The molecule has 0 spiro atoms. The summed E-state index contributed by atoms with van der Waals surface area (Å²) in [6.45, 7) is -1.95. The SMILES string of the molecule is [N-]=N[N]CC[C@]12COP(=O)(O)OP(=O)([O-])OC[C@H]3O[C@H]([C@H](O)[C@@H]3O)n3cnc4c(N)[n+](cnc43)[C@H](C1)[C@H](O)[C@@H]2O. The standard InChI is InChI=1S/C18H26N8O12P2/c19-15-10-16-22-7-25(15)8-3-18(1-2-23-24-20,14(30)11(8)27)5-36-40(33,34)38-39(31,32)35-4-9-12(28)13(29)17(37-9)26(16)6-21-10/h6-9,11-14,17,19,27-30H,1-5H2,(H2,31,32,33,34)/q-1/t8-,9-,11+,12-,13-,14+,17-,18-/m1/s1. The number of nitrogens with zero attached hydrogens (tertiary/aromatic N) is 7. The maximum Gasteiger partial charge on any atom is 0.478 e. The number of imidazole rings is 1. The Bertz CT molecular complexity index is 1380. The van der Waals surface area contributed by atoms with E-state index >= 15 is 0 Å². The molecule has 40 heavy (non-hydrogen) atoms. The highest BCUT2D eigenvalue weighted by Crippen LogP contribution is 2.60. The molecule has 1 saturated carbocycles. The minimum atomic E-state index is -5.56. The average Bonchev–Trinajstić information content (AvgIpc) is 3.51. The molecule has 1 radical (unpaired) electrons. The van der Waals surface area contributed by atoms with Crippen molar-refractivity contribution in [2.45, 2.75) is 55.6 Å². The van der Waals surface area contributed by atoms with Crippen molar-refractivity contribution in [2.24, 2.45) is 10.6 Å². The third kappa shape index (κ3) is 5.15. The third-order valence-corrected chi connectivity index (χ3v) is 9.96. The van der Waals surface area contributed by atoms with Crippen LogP contribution in [0.15, 0.2) is 17.9 Å². The van der Waals surface area contributed by atoms with E-state index in [-0.39, 0.29) is 36.4 Å². The molecular formula is C18H26N8O12P2-. The lowest BCUT2D eigenvalue weighted by Crippen LogP contribution is -2.48. The highest BCUT2D eigenvalue weighted by Gasteiger charge is 2.56. The van der Waals surface area contributed by atoms with E-state index in [4.69, 9.17) is 20.5 Å². The van der Waals surface area contributed by atoms with E-state index in [1.165, 1.54) is 21.8 Å². The number of aliphatic hydroxyl groups is 4. The van der Waals surface area contributed by atoms with Crippen molar-refractivity contribution in [1.82, 2.24) is 20.0 Å². The fraction of sp³-hybridized carbons (Fsp3) is 0.722. The summed E-state index contributed by atoms with van der Waals surface area (Å²) in [5, 5.41) is 45.7. The summed E-state index contributed by atoms with van der Waals surface area (Å²) in [6, 6.07) is -1.00. The number of phosphoric acid groups is 2. The van der Waals surface area contributed by atoms with Gasteiger partial charge in [-0.3, -0.25) is 18.9 Å². The smallest absolute Gasteiger partial charge is 0.478 e. The molecule has 221 valence electrons. The van der Waals surface area contributed by atoms with Gasteiger partial charge in [0.1, 0.15) is 36.8 Å². The maximum atomic E-state index is 12.6. The summed E-state index contributed by atoms with van der Waals surface area (Å²) in [5.74, 6) is -0.00995. The number of hydrogen-bond acceptors (Lipinski definition) is 15. The molecule has 2 fully saturated rings. The second kappa shape index (κ2) is 10.6. The summed E-state index contributed by atoms with van der Waals surface area (Å²) in [4.78, 5) is 31.0. The summed E-state index contributed by atoms with van der Waals surface area (Å²) in [7, 11) is -11.0. The second-order valence-electron chi connectivity index (χ2n) is 9.75. The quantitative estimate of drug-likeness (QED) is 0.0668. The van der Waals surface area contributed by atoms with Crippen molar-refractivity contribution in [1.29, 1.82) is 0 Å². The van der Waals surface area contributed by atoms with Crippen LogP contribution in [-0.4, -0.2) is 90.1 Å². The van der Waals surface area contributed by atoms with E-state index in [0.29, 0.717) is 0 Å². The van der Waals surface area contributed by atoms with Crippen molar-refractivity contribution < 1.29 is 62.0 Å². The Labute approximate surface area is 225 Å². The summed E-state index contributed by atoms with van der Waals surface area (Å²) in [5.41, 5.74) is 17.2. The largest absolute Gasteiger partial charge is 0.756 e. The lowest BCUT2D eigenvalue weighted by atomic mass is 9.81. The first-order valence-corrected chi connectivity index (χ1v) is 14.8. The first kappa shape index (κ1) is 29.3. The molecule has 2 aromatic rings. The van der Waals surface area contributed by atoms with Crippen molar-refractivity contribution in [3.63, 3.8) is 0 Å². The van der Waals surface area contributed by atoms with Crippen molar-refractivity contribution in [3.8, 4) is 0 Å². The van der Waals surface area contributed by atoms with E-state index in [2.05, 4.69) is 29.5 Å². The summed E-state index contributed by atoms with van der Waals surface area (Å²) >= 11 is 0. The molecule has 6 rings (SSSR count). The molecule has 7 N–H and O–H groups in total. The van der Waals surface area contributed by atoms with Crippen molar-refractivity contribution >= 4 is 32.6 Å². The Kier molecular flexibility index (Phi) is 7.75. The molecule has 2 unspecified atom stereocenters. The van der Waals surface area contributed by atoms with Crippen molar-refractivity contribution in [3.05, 3.63) is 18.2 Å². The van der Waals surface area contributed by atoms with E-state index in [9.17, 15) is 39.3 Å². The molecule has 1 saturated heterocycles. The molecule has 2 aromatic heterocycles. The molecule has 0 aromatic carbocycles. The Morgan fingerprint density at radius 3 is 2.70 bits per heavy atom.